The van der Waals surface area contributed by atoms with Crippen molar-refractivity contribution in [1.82, 2.24) is 5.32 Å². The second-order valence-corrected chi connectivity index (χ2v) is 7.56. The SMILES string of the molecule is COC(=O)[C@@H](/C=C/[C@H](CC(C)C)NC(=O)OC(C)(C)C)C(C)C. The molecule has 2 atom stereocenters. The Hall–Kier alpha value is -1.52. The molecule has 0 aliphatic carbocycles. The first-order chi connectivity index (χ1) is 10.5. The van der Waals surface area contributed by atoms with Crippen molar-refractivity contribution in [2.75, 3.05) is 7.11 Å². The Morgan fingerprint density at radius 1 is 1.09 bits per heavy atom. The minimum Gasteiger partial charge on any atom is -0.469 e. The molecular weight excluding hydrogens is 294 g/mol. The van der Waals surface area contributed by atoms with E-state index in [1.807, 2.05) is 46.8 Å². The number of methoxy groups -OCH3 is 1. The van der Waals surface area contributed by atoms with Crippen LogP contribution in [0.2, 0.25) is 0 Å². The highest BCUT2D eigenvalue weighted by atomic mass is 16.6. The summed E-state index contributed by atoms with van der Waals surface area (Å²) in [6, 6.07) is -0.184. The molecule has 0 fully saturated rings. The molecule has 0 heterocycles. The van der Waals surface area contributed by atoms with E-state index in [1.54, 1.807) is 0 Å². The monoisotopic (exact) mass is 327 g/mol. The Kier molecular flexibility index (Phi) is 8.95. The fourth-order valence-corrected chi connectivity index (χ4v) is 2.12. The molecule has 0 unspecified atom stereocenters. The normalized spacial score (nSPS) is 14.9. The molecule has 0 spiro atoms. The molecule has 1 amide bonds. The van der Waals surface area contributed by atoms with Gasteiger partial charge in [0.1, 0.15) is 5.60 Å². The van der Waals surface area contributed by atoms with Gasteiger partial charge in [-0.05, 0) is 39.0 Å². The van der Waals surface area contributed by atoms with E-state index in [4.69, 9.17) is 9.47 Å². The van der Waals surface area contributed by atoms with Crippen LogP contribution in [0.5, 0.6) is 0 Å². The fourth-order valence-electron chi connectivity index (χ4n) is 2.12. The number of esters is 1. The zero-order chi connectivity index (χ0) is 18.2. The van der Waals surface area contributed by atoms with Gasteiger partial charge in [-0.1, -0.05) is 39.8 Å². The highest BCUT2D eigenvalue weighted by Crippen LogP contribution is 2.16. The maximum Gasteiger partial charge on any atom is 0.408 e. The van der Waals surface area contributed by atoms with E-state index in [9.17, 15) is 9.59 Å². The molecule has 23 heavy (non-hydrogen) atoms. The van der Waals surface area contributed by atoms with E-state index in [0.717, 1.165) is 6.42 Å². The lowest BCUT2D eigenvalue weighted by Gasteiger charge is -2.23. The lowest BCUT2D eigenvalue weighted by atomic mass is 9.93. The van der Waals surface area contributed by atoms with Gasteiger partial charge in [0.15, 0.2) is 0 Å². The summed E-state index contributed by atoms with van der Waals surface area (Å²) in [7, 11) is 1.39. The van der Waals surface area contributed by atoms with Crippen LogP contribution in [0.1, 0.15) is 54.9 Å². The molecular formula is C18H33NO4. The Bertz CT molecular complexity index is 408. The van der Waals surface area contributed by atoms with Gasteiger partial charge < -0.3 is 14.8 Å². The van der Waals surface area contributed by atoms with Gasteiger partial charge in [-0.3, -0.25) is 4.79 Å². The van der Waals surface area contributed by atoms with Crippen LogP contribution >= 0.6 is 0 Å². The number of carbonyl (C=O) groups is 2. The quantitative estimate of drug-likeness (QED) is 0.568. The number of hydrogen-bond donors (Lipinski definition) is 1. The maximum atomic E-state index is 12.0. The Morgan fingerprint density at radius 2 is 1.65 bits per heavy atom. The van der Waals surface area contributed by atoms with Gasteiger partial charge >= 0.3 is 12.1 Å². The van der Waals surface area contributed by atoms with Crippen LogP contribution in [-0.4, -0.2) is 30.8 Å². The molecule has 1 N–H and O–H groups in total. The van der Waals surface area contributed by atoms with Gasteiger partial charge in [0, 0.05) is 0 Å². The molecule has 5 heteroatoms. The zero-order valence-electron chi connectivity index (χ0n) is 15.8. The highest BCUT2D eigenvalue weighted by Gasteiger charge is 2.22. The lowest BCUT2D eigenvalue weighted by molar-refractivity contribution is -0.145. The standard InChI is InChI=1S/C18H33NO4/c1-12(2)11-14(19-17(21)23-18(5,6)7)9-10-15(13(3)4)16(20)22-8/h9-10,12-15H,11H2,1-8H3,(H,19,21)/b10-9+/t14-,15+/m1/s1. The number of amides is 1. The van der Waals surface area contributed by atoms with Crippen molar-refractivity contribution >= 4 is 12.1 Å². The number of nitrogens with one attached hydrogen (secondary N) is 1. The van der Waals surface area contributed by atoms with Crippen LogP contribution in [0.25, 0.3) is 0 Å². The van der Waals surface area contributed by atoms with Crippen LogP contribution in [0, 0.1) is 17.8 Å². The van der Waals surface area contributed by atoms with Crippen molar-refractivity contribution in [1.29, 1.82) is 0 Å². The van der Waals surface area contributed by atoms with Crippen LogP contribution in [0.3, 0.4) is 0 Å². The van der Waals surface area contributed by atoms with E-state index in [2.05, 4.69) is 19.2 Å². The number of carbonyl (C=O) groups excluding carboxylic acids is 2. The first-order valence-corrected chi connectivity index (χ1v) is 8.22. The van der Waals surface area contributed by atoms with Gasteiger partial charge in [0.25, 0.3) is 0 Å². The summed E-state index contributed by atoms with van der Waals surface area (Å²) in [5, 5.41) is 2.86. The first kappa shape index (κ1) is 21.5. The Labute approximate surface area is 140 Å². The third kappa shape index (κ3) is 9.97. The number of alkyl carbamates (subject to hydrolysis) is 1. The van der Waals surface area contributed by atoms with Gasteiger partial charge in [0.2, 0.25) is 0 Å². The average Bonchev–Trinajstić information content (AvgIpc) is 2.34. The molecule has 0 aromatic heterocycles. The van der Waals surface area contributed by atoms with E-state index >= 15 is 0 Å². The maximum absolute atomic E-state index is 12.0. The van der Waals surface area contributed by atoms with Crippen molar-refractivity contribution in [3.63, 3.8) is 0 Å². The Morgan fingerprint density at radius 3 is 2.04 bits per heavy atom. The van der Waals surface area contributed by atoms with E-state index in [1.165, 1.54) is 7.11 Å². The van der Waals surface area contributed by atoms with Gasteiger partial charge in [-0.25, -0.2) is 4.79 Å². The van der Waals surface area contributed by atoms with Crippen LogP contribution in [0.4, 0.5) is 4.79 Å². The summed E-state index contributed by atoms with van der Waals surface area (Å²) < 4.78 is 10.1. The topological polar surface area (TPSA) is 64.6 Å². The van der Waals surface area contributed by atoms with Crippen molar-refractivity contribution < 1.29 is 19.1 Å². The van der Waals surface area contributed by atoms with Crippen molar-refractivity contribution in [3.8, 4) is 0 Å². The zero-order valence-corrected chi connectivity index (χ0v) is 15.8. The van der Waals surface area contributed by atoms with Gasteiger partial charge in [0.05, 0.1) is 19.1 Å². The number of rotatable bonds is 7. The molecule has 0 aliphatic rings. The third-order valence-electron chi connectivity index (χ3n) is 3.17. The average molecular weight is 327 g/mol. The fraction of sp³-hybridized carbons (Fsp3) is 0.778. The van der Waals surface area contributed by atoms with E-state index in [-0.39, 0.29) is 23.8 Å². The van der Waals surface area contributed by atoms with E-state index in [0.29, 0.717) is 5.92 Å². The smallest absolute Gasteiger partial charge is 0.408 e. The second-order valence-electron chi connectivity index (χ2n) is 7.56. The van der Waals surface area contributed by atoms with E-state index < -0.39 is 11.7 Å². The van der Waals surface area contributed by atoms with Crippen molar-refractivity contribution in [2.24, 2.45) is 17.8 Å². The first-order valence-electron chi connectivity index (χ1n) is 8.22. The molecule has 0 aromatic carbocycles. The summed E-state index contributed by atoms with van der Waals surface area (Å²) in [6.07, 6.45) is 4.00. The molecule has 0 saturated heterocycles. The molecule has 134 valence electrons. The predicted octanol–water partition coefficient (Wildman–Crippen LogP) is 3.93. The van der Waals surface area contributed by atoms with Gasteiger partial charge in [-0.2, -0.15) is 0 Å². The van der Waals surface area contributed by atoms with Crippen LogP contribution < -0.4 is 5.32 Å². The molecule has 0 saturated carbocycles. The van der Waals surface area contributed by atoms with Crippen molar-refractivity contribution in [2.45, 2.75) is 66.5 Å². The molecule has 0 bridgehead atoms. The second kappa shape index (κ2) is 9.58. The molecule has 0 radical (unpaired) electrons. The van der Waals surface area contributed by atoms with Gasteiger partial charge in [-0.15, -0.1) is 0 Å². The molecule has 0 rings (SSSR count). The van der Waals surface area contributed by atoms with Crippen molar-refractivity contribution in [3.05, 3.63) is 12.2 Å². The Balaban J connectivity index is 4.99. The highest BCUT2D eigenvalue weighted by molar-refractivity contribution is 5.74. The third-order valence-corrected chi connectivity index (χ3v) is 3.17. The predicted molar refractivity (Wildman–Crippen MR) is 92.1 cm³/mol. The minimum absolute atomic E-state index is 0.125. The molecule has 0 aliphatic heterocycles. The summed E-state index contributed by atoms with van der Waals surface area (Å²) in [4.78, 5) is 23.8. The minimum atomic E-state index is -0.539. The summed E-state index contributed by atoms with van der Waals surface area (Å²) in [5.74, 6) is -0.0675. The molecule has 0 aromatic rings. The van der Waals surface area contributed by atoms with Crippen LogP contribution in [-0.2, 0) is 14.3 Å². The summed E-state index contributed by atoms with van der Waals surface area (Å²) >= 11 is 0. The number of ether oxygens (including phenoxy) is 2. The molecule has 5 nitrogen and oxygen atoms in total. The lowest BCUT2D eigenvalue weighted by Crippen LogP contribution is -2.39. The summed E-state index contributed by atoms with van der Waals surface area (Å²) in [6.45, 7) is 13.6. The van der Waals surface area contributed by atoms with Crippen LogP contribution in [0.15, 0.2) is 12.2 Å². The number of hydrogen-bond acceptors (Lipinski definition) is 4. The largest absolute Gasteiger partial charge is 0.469 e. The summed E-state index contributed by atoms with van der Waals surface area (Å²) in [5.41, 5.74) is -0.539.